The first-order valence-electron chi connectivity index (χ1n) is 7.66. The SMILES string of the molecule is CCC(N)Cc1cn(CC2Cc3cc(C)ccc3O2)cn1. The minimum absolute atomic E-state index is 0.198. The number of nitrogens with two attached hydrogens (primary N) is 1. The van der Waals surface area contributed by atoms with Gasteiger partial charge in [0.25, 0.3) is 0 Å². The van der Waals surface area contributed by atoms with Crippen LogP contribution in [0.5, 0.6) is 5.75 Å². The fourth-order valence-electron chi connectivity index (χ4n) is 2.81. The lowest BCUT2D eigenvalue weighted by molar-refractivity contribution is 0.209. The molecule has 112 valence electrons. The first kappa shape index (κ1) is 14.1. The van der Waals surface area contributed by atoms with E-state index in [9.17, 15) is 0 Å². The number of fused-ring (bicyclic) bond motifs is 1. The molecule has 1 aromatic carbocycles. The molecule has 0 spiro atoms. The van der Waals surface area contributed by atoms with Crippen LogP contribution in [0, 0.1) is 6.92 Å². The Balaban J connectivity index is 1.61. The van der Waals surface area contributed by atoms with Crippen molar-refractivity contribution in [3.8, 4) is 5.75 Å². The molecule has 0 saturated heterocycles. The predicted molar refractivity (Wildman–Crippen MR) is 83.5 cm³/mol. The molecule has 2 aromatic rings. The number of benzene rings is 1. The number of rotatable bonds is 5. The molecule has 21 heavy (non-hydrogen) atoms. The molecule has 2 heterocycles. The van der Waals surface area contributed by atoms with Gasteiger partial charge in [-0.2, -0.15) is 0 Å². The number of hydrogen-bond donors (Lipinski definition) is 1. The van der Waals surface area contributed by atoms with Crippen molar-refractivity contribution < 1.29 is 4.74 Å². The van der Waals surface area contributed by atoms with E-state index in [1.54, 1.807) is 0 Å². The number of aromatic nitrogens is 2. The molecule has 0 aliphatic carbocycles. The Hall–Kier alpha value is -1.81. The van der Waals surface area contributed by atoms with Crippen LogP contribution in [-0.4, -0.2) is 21.7 Å². The Kier molecular flexibility index (Phi) is 3.97. The molecular formula is C17H23N3O. The molecule has 2 unspecified atom stereocenters. The van der Waals surface area contributed by atoms with E-state index >= 15 is 0 Å². The summed E-state index contributed by atoms with van der Waals surface area (Å²) in [7, 11) is 0. The molecule has 2 N–H and O–H groups in total. The Morgan fingerprint density at radius 3 is 3.14 bits per heavy atom. The smallest absolute Gasteiger partial charge is 0.123 e. The molecule has 1 aromatic heterocycles. The number of aryl methyl sites for hydroxylation is 1. The molecule has 4 heteroatoms. The van der Waals surface area contributed by atoms with Crippen molar-refractivity contribution in [2.24, 2.45) is 5.73 Å². The maximum atomic E-state index is 6.00. The van der Waals surface area contributed by atoms with E-state index in [0.29, 0.717) is 0 Å². The molecule has 3 rings (SSSR count). The van der Waals surface area contributed by atoms with E-state index in [1.807, 2.05) is 6.33 Å². The number of hydrogen-bond acceptors (Lipinski definition) is 3. The monoisotopic (exact) mass is 285 g/mol. The molecule has 4 nitrogen and oxygen atoms in total. The van der Waals surface area contributed by atoms with Crippen molar-refractivity contribution in [3.63, 3.8) is 0 Å². The van der Waals surface area contributed by atoms with Crippen molar-refractivity contribution in [2.45, 2.75) is 51.8 Å². The Bertz CT molecular complexity index is 620. The highest BCUT2D eigenvalue weighted by Gasteiger charge is 2.23. The van der Waals surface area contributed by atoms with Gasteiger partial charge in [0.15, 0.2) is 0 Å². The molecule has 0 saturated carbocycles. The van der Waals surface area contributed by atoms with E-state index < -0.39 is 0 Å². The molecule has 2 atom stereocenters. The summed E-state index contributed by atoms with van der Waals surface area (Å²) in [6.45, 7) is 5.06. The first-order valence-corrected chi connectivity index (χ1v) is 7.66. The van der Waals surface area contributed by atoms with E-state index in [-0.39, 0.29) is 12.1 Å². The van der Waals surface area contributed by atoms with Gasteiger partial charge in [-0.3, -0.25) is 0 Å². The largest absolute Gasteiger partial charge is 0.488 e. The van der Waals surface area contributed by atoms with Crippen LogP contribution in [0.3, 0.4) is 0 Å². The fraction of sp³-hybridized carbons (Fsp3) is 0.471. The summed E-state index contributed by atoms with van der Waals surface area (Å²) in [5.41, 5.74) is 9.64. The topological polar surface area (TPSA) is 53.1 Å². The quantitative estimate of drug-likeness (QED) is 0.918. The molecule has 0 radical (unpaired) electrons. The Labute approximate surface area is 125 Å². The zero-order valence-corrected chi connectivity index (χ0v) is 12.7. The van der Waals surface area contributed by atoms with Gasteiger partial charge in [0.2, 0.25) is 0 Å². The number of nitrogens with zero attached hydrogens (tertiary/aromatic N) is 2. The summed E-state index contributed by atoms with van der Waals surface area (Å²) in [5, 5.41) is 0. The summed E-state index contributed by atoms with van der Waals surface area (Å²) in [4.78, 5) is 4.44. The van der Waals surface area contributed by atoms with Crippen molar-refractivity contribution in [1.29, 1.82) is 0 Å². The van der Waals surface area contributed by atoms with Gasteiger partial charge in [0.05, 0.1) is 18.6 Å². The van der Waals surface area contributed by atoms with Crippen LogP contribution < -0.4 is 10.5 Å². The minimum atomic E-state index is 0.198. The maximum Gasteiger partial charge on any atom is 0.123 e. The summed E-state index contributed by atoms with van der Waals surface area (Å²) >= 11 is 0. The third-order valence-electron chi connectivity index (χ3n) is 4.05. The normalized spacial score (nSPS) is 18.3. The summed E-state index contributed by atoms with van der Waals surface area (Å²) < 4.78 is 8.12. The van der Waals surface area contributed by atoms with Gasteiger partial charge < -0.3 is 15.0 Å². The minimum Gasteiger partial charge on any atom is -0.488 e. The molecule has 1 aliphatic heterocycles. The van der Waals surface area contributed by atoms with Gasteiger partial charge in [-0.05, 0) is 25.0 Å². The van der Waals surface area contributed by atoms with Crippen LogP contribution in [-0.2, 0) is 19.4 Å². The lowest BCUT2D eigenvalue weighted by Crippen LogP contribution is -2.22. The van der Waals surface area contributed by atoms with E-state index in [2.05, 4.69) is 47.8 Å². The third-order valence-corrected chi connectivity index (χ3v) is 4.05. The molecular weight excluding hydrogens is 262 g/mol. The van der Waals surface area contributed by atoms with Crippen LogP contribution in [0.2, 0.25) is 0 Å². The zero-order valence-electron chi connectivity index (χ0n) is 12.7. The second-order valence-electron chi connectivity index (χ2n) is 5.99. The van der Waals surface area contributed by atoms with E-state index in [1.165, 1.54) is 11.1 Å². The van der Waals surface area contributed by atoms with E-state index in [4.69, 9.17) is 10.5 Å². The summed E-state index contributed by atoms with van der Waals surface area (Å²) in [6, 6.07) is 6.59. The van der Waals surface area contributed by atoms with Crippen molar-refractivity contribution in [2.75, 3.05) is 0 Å². The first-order chi connectivity index (χ1) is 10.1. The number of imidazole rings is 1. The van der Waals surface area contributed by atoms with E-state index in [0.717, 1.165) is 37.3 Å². The van der Waals surface area contributed by atoms with Gasteiger partial charge in [-0.25, -0.2) is 4.98 Å². The molecule has 0 bridgehead atoms. The van der Waals surface area contributed by atoms with Crippen LogP contribution in [0.4, 0.5) is 0 Å². The zero-order chi connectivity index (χ0) is 14.8. The highest BCUT2D eigenvalue weighted by molar-refractivity contribution is 5.40. The maximum absolute atomic E-state index is 6.00. The summed E-state index contributed by atoms with van der Waals surface area (Å²) in [5.74, 6) is 1.03. The van der Waals surface area contributed by atoms with Gasteiger partial charge >= 0.3 is 0 Å². The van der Waals surface area contributed by atoms with Crippen molar-refractivity contribution >= 4 is 0 Å². The average Bonchev–Trinajstić information content (AvgIpc) is 3.05. The van der Waals surface area contributed by atoms with Crippen molar-refractivity contribution in [1.82, 2.24) is 9.55 Å². The lowest BCUT2D eigenvalue weighted by atomic mass is 10.1. The highest BCUT2D eigenvalue weighted by Crippen LogP contribution is 2.30. The third kappa shape index (κ3) is 3.27. The van der Waals surface area contributed by atoms with Gasteiger partial charge in [0.1, 0.15) is 11.9 Å². The number of ether oxygens (including phenoxy) is 1. The fourth-order valence-corrected chi connectivity index (χ4v) is 2.81. The Morgan fingerprint density at radius 2 is 2.33 bits per heavy atom. The van der Waals surface area contributed by atoms with Crippen molar-refractivity contribution in [3.05, 3.63) is 47.5 Å². The molecule has 0 fully saturated rings. The molecule has 1 aliphatic rings. The average molecular weight is 285 g/mol. The second kappa shape index (κ2) is 5.90. The predicted octanol–water partition coefficient (Wildman–Crippen LogP) is 2.48. The highest BCUT2D eigenvalue weighted by atomic mass is 16.5. The van der Waals surface area contributed by atoms with Gasteiger partial charge in [-0.15, -0.1) is 0 Å². The van der Waals surface area contributed by atoms with Gasteiger partial charge in [0, 0.05) is 25.1 Å². The van der Waals surface area contributed by atoms with Crippen LogP contribution in [0.1, 0.15) is 30.2 Å². The Morgan fingerprint density at radius 1 is 1.48 bits per heavy atom. The summed E-state index contributed by atoms with van der Waals surface area (Å²) in [6.07, 6.45) is 6.96. The van der Waals surface area contributed by atoms with Gasteiger partial charge in [-0.1, -0.05) is 24.6 Å². The standard InChI is InChI=1S/C17H23N3O/c1-3-14(18)8-15-9-20(11-19-15)10-16-7-13-6-12(2)4-5-17(13)21-16/h4-6,9,11,14,16H,3,7-8,10,18H2,1-2H3. The molecule has 0 amide bonds. The second-order valence-corrected chi connectivity index (χ2v) is 5.99. The van der Waals surface area contributed by atoms with Crippen LogP contribution >= 0.6 is 0 Å². The van der Waals surface area contributed by atoms with Crippen LogP contribution in [0.25, 0.3) is 0 Å². The van der Waals surface area contributed by atoms with Crippen LogP contribution in [0.15, 0.2) is 30.7 Å². The lowest BCUT2D eigenvalue weighted by Gasteiger charge is -2.11.